The van der Waals surface area contributed by atoms with Crippen molar-refractivity contribution in [2.75, 3.05) is 6.54 Å². The lowest BCUT2D eigenvalue weighted by Gasteiger charge is -2.26. The Morgan fingerprint density at radius 2 is 1.95 bits per heavy atom. The molecule has 0 radical (unpaired) electrons. The second kappa shape index (κ2) is 8.36. The minimum Gasteiger partial charge on any atom is -0.331 e. The van der Waals surface area contributed by atoms with Gasteiger partial charge in [-0.15, -0.1) is 0 Å². The van der Waals surface area contributed by atoms with E-state index in [9.17, 15) is 0 Å². The quantitative estimate of drug-likeness (QED) is 0.730. The normalized spacial score (nSPS) is 14.8. The lowest BCUT2D eigenvalue weighted by atomic mass is 9.92. The summed E-state index contributed by atoms with van der Waals surface area (Å²) in [5, 5.41) is 0. The van der Waals surface area contributed by atoms with Gasteiger partial charge in [0.25, 0.3) is 0 Å². The van der Waals surface area contributed by atoms with Crippen LogP contribution in [0.3, 0.4) is 0 Å². The summed E-state index contributed by atoms with van der Waals surface area (Å²) in [5.74, 6) is 0.984. The second-order valence-electron chi connectivity index (χ2n) is 5.90. The zero-order chi connectivity index (χ0) is 14.3. The summed E-state index contributed by atoms with van der Waals surface area (Å²) < 4.78 is 2.40. The number of hydrogen-bond acceptors (Lipinski definition) is 2. The van der Waals surface area contributed by atoms with Gasteiger partial charge in [0, 0.05) is 30.4 Å². The summed E-state index contributed by atoms with van der Waals surface area (Å²) in [6.45, 7) is 9.72. The standard InChI is InChI=1S/C16H31N3/c1-5-7-9-14(8-6-2)19-12-18-11-16(19)15(10-17)13(3)4/h11-15H,5-10,17H2,1-4H3. The highest BCUT2D eigenvalue weighted by molar-refractivity contribution is 5.09. The number of aromatic nitrogens is 2. The van der Waals surface area contributed by atoms with Gasteiger partial charge in [0.2, 0.25) is 0 Å². The number of nitrogens with two attached hydrogens (primary N) is 1. The minimum atomic E-state index is 0.420. The summed E-state index contributed by atoms with van der Waals surface area (Å²) in [6.07, 6.45) is 10.3. The Morgan fingerprint density at radius 1 is 1.21 bits per heavy atom. The highest BCUT2D eigenvalue weighted by Crippen LogP contribution is 2.29. The van der Waals surface area contributed by atoms with E-state index in [1.54, 1.807) is 0 Å². The van der Waals surface area contributed by atoms with E-state index in [2.05, 4.69) is 37.2 Å². The van der Waals surface area contributed by atoms with Crippen molar-refractivity contribution in [2.45, 2.75) is 71.8 Å². The topological polar surface area (TPSA) is 43.8 Å². The Balaban J connectivity index is 2.93. The molecule has 1 heterocycles. The van der Waals surface area contributed by atoms with E-state index >= 15 is 0 Å². The first-order chi connectivity index (χ1) is 9.15. The minimum absolute atomic E-state index is 0.420. The zero-order valence-electron chi connectivity index (χ0n) is 13.1. The highest BCUT2D eigenvalue weighted by atomic mass is 15.1. The molecule has 2 N–H and O–H groups in total. The van der Waals surface area contributed by atoms with Crippen LogP contribution < -0.4 is 5.73 Å². The van der Waals surface area contributed by atoms with Gasteiger partial charge >= 0.3 is 0 Å². The first-order valence-corrected chi connectivity index (χ1v) is 7.87. The van der Waals surface area contributed by atoms with Crippen molar-refractivity contribution < 1.29 is 0 Å². The number of imidazole rings is 1. The van der Waals surface area contributed by atoms with E-state index in [-0.39, 0.29) is 0 Å². The second-order valence-corrected chi connectivity index (χ2v) is 5.90. The fraction of sp³-hybridized carbons (Fsp3) is 0.812. The zero-order valence-corrected chi connectivity index (χ0v) is 13.1. The summed E-state index contributed by atoms with van der Waals surface area (Å²) in [6, 6.07) is 0.593. The highest BCUT2D eigenvalue weighted by Gasteiger charge is 2.21. The maximum absolute atomic E-state index is 5.97. The van der Waals surface area contributed by atoms with Gasteiger partial charge < -0.3 is 10.3 Å². The van der Waals surface area contributed by atoms with E-state index in [4.69, 9.17) is 5.73 Å². The molecule has 19 heavy (non-hydrogen) atoms. The number of hydrogen-bond donors (Lipinski definition) is 1. The molecule has 1 rings (SSSR count). The van der Waals surface area contributed by atoms with Gasteiger partial charge in [-0.3, -0.25) is 0 Å². The fourth-order valence-corrected chi connectivity index (χ4v) is 2.84. The van der Waals surface area contributed by atoms with Crippen LogP contribution in [0.1, 0.15) is 77.5 Å². The monoisotopic (exact) mass is 265 g/mol. The fourth-order valence-electron chi connectivity index (χ4n) is 2.84. The molecule has 3 nitrogen and oxygen atoms in total. The largest absolute Gasteiger partial charge is 0.331 e. The van der Waals surface area contributed by atoms with Gasteiger partial charge in [-0.05, 0) is 18.8 Å². The van der Waals surface area contributed by atoms with E-state index in [0.717, 1.165) is 0 Å². The number of unbranched alkanes of at least 4 members (excludes halogenated alkanes) is 1. The first kappa shape index (κ1) is 16.2. The SMILES string of the molecule is CCCCC(CCC)n1cncc1C(CN)C(C)C. The van der Waals surface area contributed by atoms with Crippen LogP contribution in [0.5, 0.6) is 0 Å². The molecule has 0 saturated heterocycles. The van der Waals surface area contributed by atoms with Gasteiger partial charge in [-0.2, -0.15) is 0 Å². The molecule has 1 aromatic rings. The van der Waals surface area contributed by atoms with Crippen LogP contribution in [0.4, 0.5) is 0 Å². The van der Waals surface area contributed by atoms with Crippen molar-refractivity contribution in [1.82, 2.24) is 9.55 Å². The molecule has 1 aromatic heterocycles. The lowest BCUT2D eigenvalue weighted by molar-refractivity contribution is 0.382. The van der Waals surface area contributed by atoms with Gasteiger partial charge in [0.1, 0.15) is 0 Å². The maximum Gasteiger partial charge on any atom is 0.0950 e. The van der Waals surface area contributed by atoms with Crippen LogP contribution in [0, 0.1) is 5.92 Å². The molecule has 0 aromatic carbocycles. The van der Waals surface area contributed by atoms with Crippen molar-refractivity contribution in [1.29, 1.82) is 0 Å². The third-order valence-corrected chi connectivity index (χ3v) is 4.04. The van der Waals surface area contributed by atoms with Crippen LogP contribution in [0.15, 0.2) is 12.5 Å². The average Bonchev–Trinajstić information content (AvgIpc) is 2.84. The van der Waals surface area contributed by atoms with Crippen molar-refractivity contribution in [3.63, 3.8) is 0 Å². The Hall–Kier alpha value is -0.830. The van der Waals surface area contributed by atoms with Crippen LogP contribution in [-0.4, -0.2) is 16.1 Å². The van der Waals surface area contributed by atoms with Crippen LogP contribution in [-0.2, 0) is 0 Å². The first-order valence-electron chi connectivity index (χ1n) is 7.87. The smallest absolute Gasteiger partial charge is 0.0950 e. The van der Waals surface area contributed by atoms with Gasteiger partial charge in [-0.25, -0.2) is 4.98 Å². The van der Waals surface area contributed by atoms with E-state index in [1.807, 2.05) is 12.5 Å². The Labute approximate surface area is 118 Å². The Morgan fingerprint density at radius 3 is 2.47 bits per heavy atom. The Kier molecular flexibility index (Phi) is 7.14. The van der Waals surface area contributed by atoms with E-state index < -0.39 is 0 Å². The summed E-state index contributed by atoms with van der Waals surface area (Å²) >= 11 is 0. The van der Waals surface area contributed by atoms with Gasteiger partial charge in [-0.1, -0.05) is 47.0 Å². The van der Waals surface area contributed by atoms with Crippen LogP contribution in [0.25, 0.3) is 0 Å². The third kappa shape index (κ3) is 4.34. The summed E-state index contributed by atoms with van der Waals surface area (Å²) in [4.78, 5) is 4.39. The lowest BCUT2D eigenvalue weighted by Crippen LogP contribution is -2.22. The molecule has 0 spiro atoms. The Bertz CT molecular complexity index is 344. The molecular formula is C16H31N3. The maximum atomic E-state index is 5.97. The van der Waals surface area contributed by atoms with Gasteiger partial charge in [0.15, 0.2) is 0 Å². The summed E-state index contributed by atoms with van der Waals surface area (Å²) in [7, 11) is 0. The van der Waals surface area contributed by atoms with Crippen LogP contribution in [0.2, 0.25) is 0 Å². The van der Waals surface area contributed by atoms with Crippen molar-refractivity contribution in [2.24, 2.45) is 11.7 Å². The van der Waals surface area contributed by atoms with E-state index in [1.165, 1.54) is 37.8 Å². The van der Waals surface area contributed by atoms with Crippen LogP contribution >= 0.6 is 0 Å². The predicted molar refractivity (Wildman–Crippen MR) is 82.3 cm³/mol. The molecule has 0 amide bonds. The predicted octanol–water partition coefficient (Wildman–Crippen LogP) is 4.11. The van der Waals surface area contributed by atoms with Crippen molar-refractivity contribution in [3.8, 4) is 0 Å². The molecular weight excluding hydrogens is 234 g/mol. The van der Waals surface area contributed by atoms with E-state index in [0.29, 0.717) is 24.4 Å². The molecule has 3 heteroatoms. The van der Waals surface area contributed by atoms with Crippen molar-refractivity contribution in [3.05, 3.63) is 18.2 Å². The molecule has 2 atom stereocenters. The third-order valence-electron chi connectivity index (χ3n) is 4.04. The molecule has 110 valence electrons. The molecule has 2 unspecified atom stereocenters. The molecule has 0 aliphatic rings. The molecule has 0 fully saturated rings. The van der Waals surface area contributed by atoms with Gasteiger partial charge in [0.05, 0.1) is 6.33 Å². The molecule has 0 bridgehead atoms. The molecule has 0 saturated carbocycles. The number of nitrogens with zero attached hydrogens (tertiary/aromatic N) is 2. The molecule has 0 aliphatic heterocycles. The number of rotatable bonds is 9. The van der Waals surface area contributed by atoms with Crippen molar-refractivity contribution >= 4 is 0 Å². The average molecular weight is 265 g/mol. The molecule has 0 aliphatic carbocycles. The summed E-state index contributed by atoms with van der Waals surface area (Å²) in [5.41, 5.74) is 7.29.